The summed E-state index contributed by atoms with van der Waals surface area (Å²) >= 11 is 0. The zero-order chi connectivity index (χ0) is 12.4. The van der Waals surface area contributed by atoms with Crippen molar-refractivity contribution < 1.29 is 0 Å². The summed E-state index contributed by atoms with van der Waals surface area (Å²) in [5, 5.41) is 19.0. The van der Waals surface area contributed by atoms with Gasteiger partial charge in [-0.15, -0.1) is 14.8 Å². The summed E-state index contributed by atoms with van der Waals surface area (Å²) in [5.41, 5.74) is 6.48. The van der Waals surface area contributed by atoms with E-state index in [1.54, 1.807) is 0 Å². The van der Waals surface area contributed by atoms with E-state index in [1.165, 1.54) is 23.9 Å². The Morgan fingerprint density at radius 1 is 1.33 bits per heavy atom. The molecule has 1 aliphatic carbocycles. The summed E-state index contributed by atoms with van der Waals surface area (Å²) in [6, 6.07) is 4.17. The maximum atomic E-state index is 5.82. The van der Waals surface area contributed by atoms with Crippen LogP contribution in [0.4, 0.5) is 5.82 Å². The molecule has 0 radical (unpaired) electrons. The molecule has 96 valence electrons. The van der Waals surface area contributed by atoms with Gasteiger partial charge in [-0.1, -0.05) is 12.8 Å². The molecule has 3 rings (SSSR count). The largest absolute Gasteiger partial charge is 0.366 e. The molecule has 0 amide bonds. The fraction of sp³-hybridized carbons (Fsp3) is 0.636. The first kappa shape index (κ1) is 11.3. The van der Waals surface area contributed by atoms with Crippen LogP contribution in [-0.4, -0.2) is 37.8 Å². The van der Waals surface area contributed by atoms with Gasteiger partial charge in [0.1, 0.15) is 5.82 Å². The number of tetrazole rings is 1. The Morgan fingerprint density at radius 2 is 2.22 bits per heavy atom. The second kappa shape index (κ2) is 4.85. The first-order valence-corrected chi connectivity index (χ1v) is 6.39. The van der Waals surface area contributed by atoms with Crippen molar-refractivity contribution in [1.82, 2.24) is 25.3 Å². The molecule has 7 nitrogen and oxygen atoms in total. The van der Waals surface area contributed by atoms with Gasteiger partial charge in [-0.3, -0.25) is 0 Å². The third kappa shape index (κ3) is 2.13. The van der Waals surface area contributed by atoms with Gasteiger partial charge in [0.25, 0.3) is 0 Å². The Bertz CT molecular complexity index is 523. The van der Waals surface area contributed by atoms with Crippen LogP contribution < -0.4 is 11.1 Å². The lowest BCUT2D eigenvalue weighted by Crippen LogP contribution is -2.37. The Balaban J connectivity index is 1.77. The molecule has 0 spiro atoms. The fourth-order valence-corrected chi connectivity index (χ4v) is 2.60. The van der Waals surface area contributed by atoms with Crippen LogP contribution in [0.5, 0.6) is 0 Å². The maximum Gasteiger partial charge on any atom is 0.200 e. The summed E-state index contributed by atoms with van der Waals surface area (Å²) in [6.07, 6.45) is 4.87. The number of hydrogen-bond acceptors (Lipinski definition) is 6. The monoisotopic (exact) mass is 247 g/mol. The van der Waals surface area contributed by atoms with E-state index in [0.717, 1.165) is 18.8 Å². The molecule has 1 aliphatic rings. The second-order valence-corrected chi connectivity index (χ2v) is 4.78. The lowest BCUT2D eigenvalue weighted by Gasteiger charge is -2.31. The summed E-state index contributed by atoms with van der Waals surface area (Å²) in [5.74, 6) is 1.34. The van der Waals surface area contributed by atoms with E-state index in [9.17, 15) is 0 Å². The van der Waals surface area contributed by atoms with Crippen LogP contribution in [-0.2, 0) is 0 Å². The molecule has 1 fully saturated rings. The molecule has 2 atom stereocenters. The van der Waals surface area contributed by atoms with Crippen molar-refractivity contribution in [2.75, 3.05) is 11.9 Å². The Hall–Kier alpha value is -1.76. The third-order valence-corrected chi connectivity index (χ3v) is 3.61. The third-order valence-electron chi connectivity index (χ3n) is 3.61. The molecule has 0 saturated heterocycles. The van der Waals surface area contributed by atoms with Gasteiger partial charge in [0.15, 0.2) is 5.65 Å². The zero-order valence-corrected chi connectivity index (χ0v) is 10.2. The zero-order valence-electron chi connectivity index (χ0n) is 10.2. The van der Waals surface area contributed by atoms with Crippen LogP contribution >= 0.6 is 0 Å². The van der Waals surface area contributed by atoms with Crippen molar-refractivity contribution in [1.29, 1.82) is 0 Å². The van der Waals surface area contributed by atoms with Gasteiger partial charge in [0.05, 0.1) is 0 Å². The molecule has 2 aromatic heterocycles. The van der Waals surface area contributed by atoms with Crippen LogP contribution in [0.1, 0.15) is 25.7 Å². The molecule has 7 heteroatoms. The van der Waals surface area contributed by atoms with Gasteiger partial charge in [-0.05, 0) is 47.9 Å². The quantitative estimate of drug-likeness (QED) is 0.817. The van der Waals surface area contributed by atoms with E-state index in [1.807, 2.05) is 12.1 Å². The number of aromatic nitrogens is 5. The van der Waals surface area contributed by atoms with Crippen molar-refractivity contribution in [3.63, 3.8) is 0 Å². The molecule has 18 heavy (non-hydrogen) atoms. The van der Waals surface area contributed by atoms with Gasteiger partial charge < -0.3 is 11.1 Å². The molecule has 2 unspecified atom stereocenters. The predicted octanol–water partition coefficient (Wildman–Crippen LogP) is 0.449. The van der Waals surface area contributed by atoms with Gasteiger partial charge in [0.2, 0.25) is 0 Å². The van der Waals surface area contributed by atoms with E-state index in [2.05, 4.69) is 25.9 Å². The molecular weight excluding hydrogens is 230 g/mol. The van der Waals surface area contributed by atoms with E-state index < -0.39 is 0 Å². The van der Waals surface area contributed by atoms with Crippen molar-refractivity contribution in [2.24, 2.45) is 11.7 Å². The fourth-order valence-electron chi connectivity index (χ4n) is 2.60. The molecular formula is C11H17N7. The normalized spacial score (nSPS) is 24.3. The average Bonchev–Trinajstić information content (AvgIpc) is 2.87. The number of anilines is 1. The highest BCUT2D eigenvalue weighted by Crippen LogP contribution is 2.25. The van der Waals surface area contributed by atoms with E-state index >= 15 is 0 Å². The number of nitrogens with zero attached hydrogens (tertiary/aromatic N) is 5. The highest BCUT2D eigenvalue weighted by Gasteiger charge is 2.24. The van der Waals surface area contributed by atoms with Crippen LogP contribution in [0, 0.1) is 5.92 Å². The second-order valence-electron chi connectivity index (χ2n) is 4.78. The molecule has 0 bridgehead atoms. The van der Waals surface area contributed by atoms with Crippen LogP contribution in [0.15, 0.2) is 12.1 Å². The lowest BCUT2D eigenvalue weighted by atomic mass is 9.84. The Labute approximate surface area is 105 Å². The maximum absolute atomic E-state index is 5.82. The van der Waals surface area contributed by atoms with Gasteiger partial charge in [-0.25, -0.2) is 0 Å². The number of fused-ring (bicyclic) bond motifs is 1. The summed E-state index contributed by atoms with van der Waals surface area (Å²) in [7, 11) is 0. The molecule has 2 heterocycles. The smallest absolute Gasteiger partial charge is 0.200 e. The minimum absolute atomic E-state index is 0.408. The Kier molecular flexibility index (Phi) is 3.06. The molecule has 0 aromatic carbocycles. The minimum Gasteiger partial charge on any atom is -0.366 e. The van der Waals surface area contributed by atoms with Crippen LogP contribution in [0.2, 0.25) is 0 Å². The number of nitrogens with two attached hydrogens (primary N) is 1. The SMILES string of the molecule is NCC1CCCCC1Nc1ccc2nnnn2n1. The molecule has 0 aliphatic heterocycles. The molecule has 3 N–H and O–H groups in total. The van der Waals surface area contributed by atoms with E-state index in [-0.39, 0.29) is 0 Å². The highest BCUT2D eigenvalue weighted by atomic mass is 15.6. The topological polar surface area (TPSA) is 94.0 Å². The van der Waals surface area contributed by atoms with Gasteiger partial charge in [0, 0.05) is 6.04 Å². The van der Waals surface area contributed by atoms with Crippen molar-refractivity contribution in [2.45, 2.75) is 31.7 Å². The standard InChI is InChI=1S/C11H17N7/c12-7-8-3-1-2-4-9(8)13-10-5-6-11-14-16-17-18(11)15-10/h5-6,8-9H,1-4,7,12H2,(H,13,15). The Morgan fingerprint density at radius 3 is 3.11 bits per heavy atom. The number of rotatable bonds is 3. The first-order chi connectivity index (χ1) is 8.86. The average molecular weight is 247 g/mol. The van der Waals surface area contributed by atoms with E-state index in [0.29, 0.717) is 17.6 Å². The van der Waals surface area contributed by atoms with Crippen molar-refractivity contribution in [3.8, 4) is 0 Å². The lowest BCUT2D eigenvalue weighted by molar-refractivity contribution is 0.332. The van der Waals surface area contributed by atoms with Crippen molar-refractivity contribution >= 4 is 11.5 Å². The minimum atomic E-state index is 0.408. The summed E-state index contributed by atoms with van der Waals surface area (Å²) < 4.78 is 1.43. The predicted molar refractivity (Wildman–Crippen MR) is 67.0 cm³/mol. The number of nitrogens with one attached hydrogen (secondary N) is 1. The van der Waals surface area contributed by atoms with Crippen molar-refractivity contribution in [3.05, 3.63) is 12.1 Å². The molecule has 2 aromatic rings. The van der Waals surface area contributed by atoms with Gasteiger partial charge >= 0.3 is 0 Å². The van der Waals surface area contributed by atoms with Crippen LogP contribution in [0.3, 0.4) is 0 Å². The highest BCUT2D eigenvalue weighted by molar-refractivity contribution is 5.42. The first-order valence-electron chi connectivity index (χ1n) is 6.39. The van der Waals surface area contributed by atoms with Crippen LogP contribution in [0.25, 0.3) is 5.65 Å². The van der Waals surface area contributed by atoms with Gasteiger partial charge in [-0.2, -0.15) is 0 Å². The summed E-state index contributed by atoms with van der Waals surface area (Å²) in [4.78, 5) is 0. The van der Waals surface area contributed by atoms with E-state index in [4.69, 9.17) is 5.73 Å². The number of hydrogen-bond donors (Lipinski definition) is 2. The summed E-state index contributed by atoms with van der Waals surface area (Å²) in [6.45, 7) is 0.727. The molecule has 1 saturated carbocycles.